The Balaban J connectivity index is 2.17. The maximum absolute atomic E-state index is 12.7. The van der Waals surface area contributed by atoms with Gasteiger partial charge in [-0.25, -0.2) is 4.79 Å². The van der Waals surface area contributed by atoms with Gasteiger partial charge in [0, 0.05) is 12.0 Å². The molecule has 0 aromatic heterocycles. The van der Waals surface area contributed by atoms with Crippen molar-refractivity contribution < 1.29 is 33.4 Å². The Morgan fingerprint density at radius 2 is 2.00 bits per heavy atom. The first-order valence-corrected chi connectivity index (χ1v) is 8.68. The molecule has 0 spiro atoms. The van der Waals surface area contributed by atoms with Crippen LogP contribution >= 0.6 is 0 Å². The lowest BCUT2D eigenvalue weighted by molar-refractivity contribution is -0.157. The van der Waals surface area contributed by atoms with Crippen LogP contribution in [0.1, 0.15) is 54.3 Å². The lowest BCUT2D eigenvalue weighted by Crippen LogP contribution is -2.52. The number of benzene rings is 1. The molecule has 0 saturated carbocycles. The number of aldehydes is 1. The molecule has 1 aromatic rings. The summed E-state index contributed by atoms with van der Waals surface area (Å²) in [5.74, 6) is -2.40. The van der Waals surface area contributed by atoms with E-state index in [0.29, 0.717) is 6.29 Å². The van der Waals surface area contributed by atoms with Crippen molar-refractivity contribution in [2.75, 3.05) is 6.61 Å². The molecule has 1 fully saturated rings. The third kappa shape index (κ3) is 5.63. The molecule has 0 radical (unpaired) electrons. The first kappa shape index (κ1) is 21.1. The van der Waals surface area contributed by atoms with Gasteiger partial charge in [0.2, 0.25) is 11.8 Å². The number of ether oxygens (including phenoxy) is 2. The summed E-state index contributed by atoms with van der Waals surface area (Å²) in [5, 5.41) is 4.62. The second-order valence-corrected chi connectivity index (χ2v) is 7.19. The summed E-state index contributed by atoms with van der Waals surface area (Å²) < 4.78 is 10.5. The van der Waals surface area contributed by atoms with Crippen LogP contribution in [0.2, 0.25) is 0 Å². The molecule has 9 nitrogen and oxygen atoms in total. The third-order valence-corrected chi connectivity index (χ3v) is 3.72. The standard InChI is InChI=1S/C19H22N2O7/c1-19(2,3)28-15(24)10-27-13-6-4-5-11(9-22)16(13)18(26)20-12-7-8-14(23)21-17(12)25/h4-6,9,12H,7-8,10H2,1-3H3,(H,20,26)(H,21,23,25). The predicted octanol–water partition coefficient (Wildman–Crippen LogP) is 0.755. The zero-order valence-electron chi connectivity index (χ0n) is 15.9. The first-order chi connectivity index (χ1) is 13.1. The molecule has 1 atom stereocenters. The Labute approximate surface area is 161 Å². The van der Waals surface area contributed by atoms with E-state index in [9.17, 15) is 24.0 Å². The van der Waals surface area contributed by atoms with Crippen LogP contribution in [0.3, 0.4) is 0 Å². The van der Waals surface area contributed by atoms with Gasteiger partial charge in [-0.05, 0) is 33.3 Å². The highest BCUT2D eigenvalue weighted by Crippen LogP contribution is 2.22. The van der Waals surface area contributed by atoms with E-state index in [4.69, 9.17) is 9.47 Å². The SMILES string of the molecule is CC(C)(C)OC(=O)COc1cccc(C=O)c1C(=O)NC1CCC(=O)NC1=O. The Bertz CT molecular complexity index is 811. The van der Waals surface area contributed by atoms with Crippen LogP contribution in [-0.4, -0.2) is 48.2 Å². The van der Waals surface area contributed by atoms with Gasteiger partial charge >= 0.3 is 5.97 Å². The molecule has 1 aromatic carbocycles. The summed E-state index contributed by atoms with van der Waals surface area (Å²) in [5.41, 5.74) is -0.769. The molecule has 1 aliphatic heterocycles. The normalized spacial score (nSPS) is 16.8. The Morgan fingerprint density at radius 1 is 1.29 bits per heavy atom. The monoisotopic (exact) mass is 390 g/mol. The highest BCUT2D eigenvalue weighted by molar-refractivity contribution is 6.07. The minimum Gasteiger partial charge on any atom is -0.481 e. The Hall–Kier alpha value is -3.23. The van der Waals surface area contributed by atoms with Gasteiger partial charge in [0.05, 0.1) is 5.56 Å². The largest absolute Gasteiger partial charge is 0.481 e. The van der Waals surface area contributed by atoms with Crippen LogP contribution in [0.25, 0.3) is 0 Å². The van der Waals surface area contributed by atoms with Crippen molar-refractivity contribution in [3.8, 4) is 5.75 Å². The smallest absolute Gasteiger partial charge is 0.344 e. The topological polar surface area (TPSA) is 128 Å². The molecule has 9 heteroatoms. The summed E-state index contributed by atoms with van der Waals surface area (Å²) in [6, 6.07) is 3.42. The second-order valence-electron chi connectivity index (χ2n) is 7.19. The molecule has 2 N–H and O–H groups in total. The fraction of sp³-hybridized carbons (Fsp3) is 0.421. The fourth-order valence-electron chi connectivity index (χ4n) is 2.58. The number of hydrogen-bond acceptors (Lipinski definition) is 7. The summed E-state index contributed by atoms with van der Waals surface area (Å²) in [4.78, 5) is 59.0. The average molecular weight is 390 g/mol. The molecule has 1 aliphatic rings. The zero-order valence-corrected chi connectivity index (χ0v) is 15.9. The molecule has 2 rings (SSSR count). The Morgan fingerprint density at radius 3 is 2.61 bits per heavy atom. The fourth-order valence-corrected chi connectivity index (χ4v) is 2.58. The minimum absolute atomic E-state index is 0.000234. The van der Waals surface area contributed by atoms with Crippen molar-refractivity contribution in [3.63, 3.8) is 0 Å². The predicted molar refractivity (Wildman–Crippen MR) is 96.8 cm³/mol. The lowest BCUT2D eigenvalue weighted by Gasteiger charge is -2.23. The molecular weight excluding hydrogens is 368 g/mol. The van der Waals surface area contributed by atoms with Gasteiger partial charge in [0.1, 0.15) is 17.4 Å². The molecule has 1 heterocycles. The summed E-state index contributed by atoms with van der Waals surface area (Å²) in [7, 11) is 0. The number of piperidine rings is 1. The third-order valence-electron chi connectivity index (χ3n) is 3.72. The van der Waals surface area contributed by atoms with E-state index in [2.05, 4.69) is 10.6 Å². The first-order valence-electron chi connectivity index (χ1n) is 8.68. The van der Waals surface area contributed by atoms with Gasteiger partial charge in [0.15, 0.2) is 12.9 Å². The number of hydrogen-bond donors (Lipinski definition) is 2. The number of imide groups is 1. The molecular formula is C19H22N2O7. The van der Waals surface area contributed by atoms with Crippen LogP contribution in [0.4, 0.5) is 0 Å². The van der Waals surface area contributed by atoms with E-state index in [-0.39, 0.29) is 29.7 Å². The van der Waals surface area contributed by atoms with Crippen molar-refractivity contribution in [3.05, 3.63) is 29.3 Å². The van der Waals surface area contributed by atoms with Gasteiger partial charge in [-0.15, -0.1) is 0 Å². The molecule has 150 valence electrons. The van der Waals surface area contributed by atoms with Crippen LogP contribution in [0.5, 0.6) is 5.75 Å². The van der Waals surface area contributed by atoms with Gasteiger partial charge in [-0.1, -0.05) is 12.1 Å². The molecule has 1 unspecified atom stereocenters. The number of nitrogens with one attached hydrogen (secondary N) is 2. The summed E-state index contributed by atoms with van der Waals surface area (Å²) in [6.07, 6.45) is 0.710. The van der Waals surface area contributed by atoms with E-state index in [1.165, 1.54) is 18.2 Å². The highest BCUT2D eigenvalue weighted by Gasteiger charge is 2.30. The highest BCUT2D eigenvalue weighted by atomic mass is 16.6. The van der Waals surface area contributed by atoms with Crippen molar-refractivity contribution in [2.45, 2.75) is 45.3 Å². The number of rotatable bonds is 6. The van der Waals surface area contributed by atoms with E-state index in [0.717, 1.165) is 0 Å². The summed E-state index contributed by atoms with van der Waals surface area (Å²) >= 11 is 0. The van der Waals surface area contributed by atoms with Crippen molar-refractivity contribution in [1.82, 2.24) is 10.6 Å². The average Bonchev–Trinajstić information content (AvgIpc) is 2.60. The zero-order chi connectivity index (χ0) is 20.9. The second kappa shape index (κ2) is 8.64. The maximum Gasteiger partial charge on any atom is 0.344 e. The molecule has 0 bridgehead atoms. The maximum atomic E-state index is 12.7. The van der Waals surface area contributed by atoms with Crippen LogP contribution in [0.15, 0.2) is 18.2 Å². The summed E-state index contributed by atoms with van der Waals surface area (Å²) in [6.45, 7) is 4.66. The number of carbonyl (C=O) groups excluding carboxylic acids is 5. The van der Waals surface area contributed by atoms with Crippen LogP contribution in [0, 0.1) is 0 Å². The molecule has 28 heavy (non-hydrogen) atoms. The minimum atomic E-state index is -0.913. The number of carbonyl (C=O) groups is 5. The molecule has 3 amide bonds. The van der Waals surface area contributed by atoms with Gasteiger partial charge in [-0.3, -0.25) is 24.5 Å². The van der Waals surface area contributed by atoms with Crippen molar-refractivity contribution in [1.29, 1.82) is 0 Å². The van der Waals surface area contributed by atoms with Crippen molar-refractivity contribution in [2.24, 2.45) is 0 Å². The van der Waals surface area contributed by atoms with Crippen LogP contribution in [-0.2, 0) is 19.1 Å². The van der Waals surface area contributed by atoms with Crippen LogP contribution < -0.4 is 15.4 Å². The molecule has 0 aliphatic carbocycles. The Kier molecular flexibility index (Phi) is 6.50. The van der Waals surface area contributed by atoms with Crippen molar-refractivity contribution >= 4 is 30.0 Å². The molecule has 1 saturated heterocycles. The van der Waals surface area contributed by atoms with E-state index >= 15 is 0 Å². The van der Waals surface area contributed by atoms with Gasteiger partial charge in [0.25, 0.3) is 5.91 Å². The van der Waals surface area contributed by atoms with E-state index < -0.39 is 41.9 Å². The van der Waals surface area contributed by atoms with Gasteiger partial charge < -0.3 is 14.8 Å². The van der Waals surface area contributed by atoms with E-state index in [1.54, 1.807) is 20.8 Å². The number of esters is 1. The quantitative estimate of drug-likeness (QED) is 0.417. The van der Waals surface area contributed by atoms with Gasteiger partial charge in [-0.2, -0.15) is 0 Å². The number of amides is 3. The van der Waals surface area contributed by atoms with E-state index in [1.807, 2.05) is 0 Å². The lowest BCUT2D eigenvalue weighted by atomic mass is 10.0.